The zero-order chi connectivity index (χ0) is 12.7. The van der Waals surface area contributed by atoms with Crippen molar-refractivity contribution in [3.63, 3.8) is 0 Å². The van der Waals surface area contributed by atoms with E-state index in [9.17, 15) is 0 Å². The Kier molecular flexibility index (Phi) is 5.78. The minimum atomic E-state index is 0.170. The molecule has 1 rings (SSSR count). The summed E-state index contributed by atoms with van der Waals surface area (Å²) in [5, 5.41) is 3.37. The second kappa shape index (κ2) is 7.13. The third-order valence-corrected chi connectivity index (χ3v) is 2.48. The Labute approximate surface area is 105 Å². The summed E-state index contributed by atoms with van der Waals surface area (Å²) < 4.78 is 5.94. The molecule has 17 heavy (non-hydrogen) atoms. The molecule has 2 nitrogen and oxygen atoms in total. The summed E-state index contributed by atoms with van der Waals surface area (Å²) in [5.74, 6) is 0.963. The van der Waals surface area contributed by atoms with E-state index in [0.29, 0.717) is 6.04 Å². The standard InChI is InChI=1S/C15H23NO/c1-5-8-14-9-6-7-10-15(14)17-13(4)11-16-12(2)3/h5-7,9-10,12-13,16H,1,8,11H2,2-4H3. The second-order valence-corrected chi connectivity index (χ2v) is 4.59. The summed E-state index contributed by atoms with van der Waals surface area (Å²) in [7, 11) is 0. The minimum absolute atomic E-state index is 0.170. The first kappa shape index (κ1) is 13.8. The van der Waals surface area contributed by atoms with E-state index >= 15 is 0 Å². The van der Waals surface area contributed by atoms with Crippen molar-refractivity contribution in [3.8, 4) is 5.75 Å². The van der Waals surface area contributed by atoms with E-state index in [2.05, 4.69) is 38.7 Å². The quantitative estimate of drug-likeness (QED) is 0.730. The largest absolute Gasteiger partial charge is 0.489 e. The number of hydrogen-bond donors (Lipinski definition) is 1. The maximum absolute atomic E-state index is 5.94. The Hall–Kier alpha value is -1.28. The summed E-state index contributed by atoms with van der Waals surface area (Å²) in [5.41, 5.74) is 1.19. The lowest BCUT2D eigenvalue weighted by Crippen LogP contribution is -2.33. The van der Waals surface area contributed by atoms with Gasteiger partial charge in [0.25, 0.3) is 0 Å². The molecule has 0 aliphatic rings. The highest BCUT2D eigenvalue weighted by Gasteiger charge is 2.07. The third-order valence-electron chi connectivity index (χ3n) is 2.48. The smallest absolute Gasteiger partial charge is 0.123 e. The highest BCUT2D eigenvalue weighted by Crippen LogP contribution is 2.19. The van der Waals surface area contributed by atoms with Crippen molar-refractivity contribution in [1.82, 2.24) is 5.32 Å². The number of rotatable bonds is 7. The molecule has 1 N–H and O–H groups in total. The van der Waals surface area contributed by atoms with Crippen LogP contribution in [0, 0.1) is 0 Å². The van der Waals surface area contributed by atoms with Crippen LogP contribution in [0.25, 0.3) is 0 Å². The van der Waals surface area contributed by atoms with Gasteiger partial charge in [-0.05, 0) is 25.0 Å². The molecule has 1 aromatic rings. The average molecular weight is 233 g/mol. The number of para-hydroxylation sites is 1. The van der Waals surface area contributed by atoms with Crippen LogP contribution in [0.4, 0.5) is 0 Å². The first-order chi connectivity index (χ1) is 8.13. The Morgan fingerprint density at radius 3 is 2.65 bits per heavy atom. The Balaban J connectivity index is 2.57. The summed E-state index contributed by atoms with van der Waals surface area (Å²) in [6.07, 6.45) is 2.92. The van der Waals surface area contributed by atoms with Gasteiger partial charge >= 0.3 is 0 Å². The predicted molar refractivity (Wildman–Crippen MR) is 73.6 cm³/mol. The molecule has 0 saturated carbocycles. The summed E-state index contributed by atoms with van der Waals surface area (Å²) >= 11 is 0. The van der Waals surface area contributed by atoms with Crippen molar-refractivity contribution in [3.05, 3.63) is 42.5 Å². The first-order valence-electron chi connectivity index (χ1n) is 6.22. The van der Waals surface area contributed by atoms with Crippen molar-refractivity contribution in [2.75, 3.05) is 6.54 Å². The van der Waals surface area contributed by atoms with Crippen LogP contribution in [-0.4, -0.2) is 18.7 Å². The Bertz CT molecular complexity index is 347. The molecule has 0 heterocycles. The molecule has 0 aromatic heterocycles. The van der Waals surface area contributed by atoms with Crippen molar-refractivity contribution in [1.29, 1.82) is 0 Å². The molecule has 1 atom stereocenters. The number of ether oxygens (including phenoxy) is 1. The molecule has 0 aliphatic carbocycles. The zero-order valence-electron chi connectivity index (χ0n) is 11.1. The van der Waals surface area contributed by atoms with Gasteiger partial charge in [-0.1, -0.05) is 38.1 Å². The van der Waals surface area contributed by atoms with Crippen molar-refractivity contribution in [2.45, 2.75) is 39.3 Å². The van der Waals surface area contributed by atoms with Gasteiger partial charge in [-0.25, -0.2) is 0 Å². The summed E-state index contributed by atoms with van der Waals surface area (Å²) in [6.45, 7) is 11.0. The molecule has 1 aromatic carbocycles. The number of nitrogens with one attached hydrogen (secondary N) is 1. The van der Waals surface area contributed by atoms with Gasteiger partial charge in [-0.2, -0.15) is 0 Å². The van der Waals surface area contributed by atoms with Crippen LogP contribution in [0.2, 0.25) is 0 Å². The SMILES string of the molecule is C=CCc1ccccc1OC(C)CNC(C)C. The van der Waals surface area contributed by atoms with E-state index in [0.717, 1.165) is 18.7 Å². The number of allylic oxidation sites excluding steroid dienone is 1. The Morgan fingerprint density at radius 1 is 1.29 bits per heavy atom. The molecular weight excluding hydrogens is 210 g/mol. The van der Waals surface area contributed by atoms with Gasteiger partial charge in [0.05, 0.1) is 0 Å². The monoisotopic (exact) mass is 233 g/mol. The minimum Gasteiger partial charge on any atom is -0.489 e. The molecule has 0 amide bonds. The molecule has 0 spiro atoms. The van der Waals surface area contributed by atoms with Gasteiger partial charge in [0.2, 0.25) is 0 Å². The topological polar surface area (TPSA) is 21.3 Å². The Morgan fingerprint density at radius 2 is 2.00 bits per heavy atom. The molecule has 0 fully saturated rings. The molecule has 0 saturated heterocycles. The highest BCUT2D eigenvalue weighted by molar-refractivity contribution is 5.34. The van der Waals surface area contributed by atoms with Crippen molar-refractivity contribution >= 4 is 0 Å². The number of benzene rings is 1. The summed E-state index contributed by atoms with van der Waals surface area (Å²) in [4.78, 5) is 0. The highest BCUT2D eigenvalue weighted by atomic mass is 16.5. The van der Waals surface area contributed by atoms with Gasteiger partial charge in [0, 0.05) is 12.6 Å². The lowest BCUT2D eigenvalue weighted by Gasteiger charge is -2.18. The fourth-order valence-electron chi connectivity index (χ4n) is 1.60. The third kappa shape index (κ3) is 5.05. The van der Waals surface area contributed by atoms with Crippen LogP contribution in [0.1, 0.15) is 26.3 Å². The van der Waals surface area contributed by atoms with Crippen molar-refractivity contribution < 1.29 is 4.74 Å². The maximum Gasteiger partial charge on any atom is 0.123 e. The van der Waals surface area contributed by atoms with Crippen LogP contribution in [-0.2, 0) is 6.42 Å². The zero-order valence-corrected chi connectivity index (χ0v) is 11.1. The van der Waals surface area contributed by atoms with Crippen LogP contribution < -0.4 is 10.1 Å². The second-order valence-electron chi connectivity index (χ2n) is 4.59. The first-order valence-corrected chi connectivity index (χ1v) is 6.22. The van der Waals surface area contributed by atoms with Gasteiger partial charge in [0.1, 0.15) is 11.9 Å². The molecule has 94 valence electrons. The summed E-state index contributed by atoms with van der Waals surface area (Å²) in [6, 6.07) is 8.63. The van der Waals surface area contributed by atoms with E-state index in [-0.39, 0.29) is 6.10 Å². The fourth-order valence-corrected chi connectivity index (χ4v) is 1.60. The van der Waals surface area contributed by atoms with E-state index in [1.165, 1.54) is 5.56 Å². The molecule has 0 bridgehead atoms. The van der Waals surface area contributed by atoms with Gasteiger partial charge in [-0.3, -0.25) is 0 Å². The van der Waals surface area contributed by atoms with Gasteiger partial charge < -0.3 is 10.1 Å². The van der Waals surface area contributed by atoms with E-state index in [1.807, 2.05) is 24.3 Å². The van der Waals surface area contributed by atoms with E-state index < -0.39 is 0 Å². The lowest BCUT2D eigenvalue weighted by molar-refractivity contribution is 0.212. The van der Waals surface area contributed by atoms with Crippen LogP contribution in [0.3, 0.4) is 0 Å². The number of hydrogen-bond acceptors (Lipinski definition) is 2. The predicted octanol–water partition coefficient (Wildman–Crippen LogP) is 3.18. The molecule has 1 unspecified atom stereocenters. The van der Waals surface area contributed by atoms with Gasteiger partial charge in [0.15, 0.2) is 0 Å². The van der Waals surface area contributed by atoms with E-state index in [4.69, 9.17) is 4.74 Å². The maximum atomic E-state index is 5.94. The normalized spacial score (nSPS) is 12.5. The lowest BCUT2D eigenvalue weighted by atomic mass is 10.1. The molecule has 0 radical (unpaired) electrons. The van der Waals surface area contributed by atoms with Crippen LogP contribution in [0.15, 0.2) is 36.9 Å². The van der Waals surface area contributed by atoms with E-state index in [1.54, 1.807) is 0 Å². The van der Waals surface area contributed by atoms with Crippen LogP contribution in [0.5, 0.6) is 5.75 Å². The molecule has 0 aliphatic heterocycles. The fraction of sp³-hybridized carbons (Fsp3) is 0.467. The van der Waals surface area contributed by atoms with Crippen molar-refractivity contribution in [2.24, 2.45) is 0 Å². The molecule has 2 heteroatoms. The van der Waals surface area contributed by atoms with Gasteiger partial charge in [-0.15, -0.1) is 6.58 Å². The molecular formula is C15H23NO. The van der Waals surface area contributed by atoms with Crippen LogP contribution >= 0.6 is 0 Å². The average Bonchev–Trinajstić information content (AvgIpc) is 2.29.